The lowest BCUT2D eigenvalue weighted by Gasteiger charge is -2.33. The van der Waals surface area contributed by atoms with E-state index in [1.54, 1.807) is 42.3 Å². The van der Waals surface area contributed by atoms with Crippen molar-refractivity contribution in [3.05, 3.63) is 65.5 Å². The monoisotopic (exact) mass is 460 g/mol. The number of morpholine rings is 1. The minimum absolute atomic E-state index is 0.00354. The van der Waals surface area contributed by atoms with E-state index in [0.717, 1.165) is 37.7 Å². The maximum atomic E-state index is 13.2. The number of amides is 1. The topological polar surface area (TPSA) is 66.9 Å². The third-order valence-corrected chi connectivity index (χ3v) is 8.35. The van der Waals surface area contributed by atoms with Crippen LogP contribution in [0, 0.1) is 5.82 Å². The standard InChI is InChI=1S/C24H29FN2O4S/c1-26(21-7-3-2-4-8-21)32(29,30)22-9-5-6-19(16-22)24(28)27-14-15-31-23(17-27)18-10-12-20(25)13-11-18/h5-6,9-13,16,21,23H,2-4,7-8,14-15,17H2,1H3. The molecule has 1 heterocycles. The average Bonchev–Trinajstić information content (AvgIpc) is 2.84. The zero-order valence-electron chi connectivity index (χ0n) is 18.2. The van der Waals surface area contributed by atoms with Gasteiger partial charge in [0, 0.05) is 25.2 Å². The molecule has 0 bridgehead atoms. The summed E-state index contributed by atoms with van der Waals surface area (Å²) in [6.45, 7) is 1.09. The molecule has 1 saturated heterocycles. The maximum Gasteiger partial charge on any atom is 0.254 e. The van der Waals surface area contributed by atoms with Crippen molar-refractivity contribution >= 4 is 15.9 Å². The van der Waals surface area contributed by atoms with Gasteiger partial charge >= 0.3 is 0 Å². The van der Waals surface area contributed by atoms with Crippen molar-refractivity contribution < 1.29 is 22.3 Å². The predicted molar refractivity (Wildman–Crippen MR) is 119 cm³/mol. The Bertz CT molecular complexity index is 1050. The first-order valence-corrected chi connectivity index (χ1v) is 12.5. The summed E-state index contributed by atoms with van der Waals surface area (Å²) in [4.78, 5) is 15.0. The quantitative estimate of drug-likeness (QED) is 0.677. The summed E-state index contributed by atoms with van der Waals surface area (Å²) in [7, 11) is -2.05. The lowest BCUT2D eigenvalue weighted by atomic mass is 9.96. The third kappa shape index (κ3) is 4.87. The molecule has 2 aliphatic rings. The Hall–Kier alpha value is -2.29. The first-order chi connectivity index (χ1) is 15.4. The van der Waals surface area contributed by atoms with Crippen molar-refractivity contribution in [3.63, 3.8) is 0 Å². The van der Waals surface area contributed by atoms with Gasteiger partial charge in [-0.05, 0) is 48.7 Å². The van der Waals surface area contributed by atoms with E-state index in [1.165, 1.54) is 22.5 Å². The van der Waals surface area contributed by atoms with Gasteiger partial charge in [-0.1, -0.05) is 37.5 Å². The number of rotatable bonds is 5. The first kappa shape index (κ1) is 22.9. The molecule has 1 saturated carbocycles. The van der Waals surface area contributed by atoms with Crippen molar-refractivity contribution in [2.24, 2.45) is 0 Å². The fourth-order valence-electron chi connectivity index (χ4n) is 4.49. The Morgan fingerprint density at radius 3 is 2.53 bits per heavy atom. The smallest absolute Gasteiger partial charge is 0.254 e. The van der Waals surface area contributed by atoms with Crippen LogP contribution < -0.4 is 0 Å². The van der Waals surface area contributed by atoms with Crippen molar-refractivity contribution in [3.8, 4) is 0 Å². The zero-order chi connectivity index (χ0) is 22.7. The Morgan fingerprint density at radius 2 is 1.81 bits per heavy atom. The van der Waals surface area contributed by atoms with E-state index in [9.17, 15) is 17.6 Å². The van der Waals surface area contributed by atoms with Crippen LogP contribution in [0.4, 0.5) is 4.39 Å². The number of nitrogens with zero attached hydrogens (tertiary/aromatic N) is 2. The minimum Gasteiger partial charge on any atom is -0.370 e. The number of hydrogen-bond donors (Lipinski definition) is 0. The highest BCUT2D eigenvalue weighted by Crippen LogP contribution is 2.28. The van der Waals surface area contributed by atoms with E-state index in [-0.39, 0.29) is 28.8 Å². The van der Waals surface area contributed by atoms with E-state index in [4.69, 9.17) is 4.74 Å². The normalized spacial score (nSPS) is 20.5. The van der Waals surface area contributed by atoms with Crippen LogP contribution in [0.15, 0.2) is 53.4 Å². The molecule has 2 fully saturated rings. The van der Waals surface area contributed by atoms with Crippen LogP contribution in [0.25, 0.3) is 0 Å². The van der Waals surface area contributed by atoms with Crippen molar-refractivity contribution in [2.75, 3.05) is 26.7 Å². The molecule has 0 radical (unpaired) electrons. The molecular formula is C24H29FN2O4S. The summed E-state index contributed by atoms with van der Waals surface area (Å²) in [6, 6.07) is 12.3. The number of sulfonamides is 1. The van der Waals surface area contributed by atoms with Crippen LogP contribution in [0.3, 0.4) is 0 Å². The van der Waals surface area contributed by atoms with Crippen LogP contribution >= 0.6 is 0 Å². The second-order valence-electron chi connectivity index (χ2n) is 8.50. The van der Waals surface area contributed by atoms with Gasteiger partial charge in [-0.2, -0.15) is 4.31 Å². The van der Waals surface area contributed by atoms with Gasteiger partial charge in [0.2, 0.25) is 10.0 Å². The lowest BCUT2D eigenvalue weighted by molar-refractivity contribution is -0.0228. The molecule has 8 heteroatoms. The van der Waals surface area contributed by atoms with E-state index in [1.807, 2.05) is 0 Å². The maximum absolute atomic E-state index is 13.2. The molecule has 0 N–H and O–H groups in total. The van der Waals surface area contributed by atoms with Crippen LogP contribution in [0.1, 0.15) is 54.1 Å². The zero-order valence-corrected chi connectivity index (χ0v) is 19.1. The van der Waals surface area contributed by atoms with Crippen molar-refractivity contribution in [1.82, 2.24) is 9.21 Å². The lowest BCUT2D eigenvalue weighted by Crippen LogP contribution is -2.42. The molecule has 1 amide bonds. The summed E-state index contributed by atoms with van der Waals surface area (Å²) in [5.74, 6) is -0.563. The van der Waals surface area contributed by atoms with E-state index < -0.39 is 10.0 Å². The highest BCUT2D eigenvalue weighted by atomic mass is 32.2. The van der Waals surface area contributed by atoms with E-state index >= 15 is 0 Å². The molecule has 172 valence electrons. The highest BCUT2D eigenvalue weighted by Gasteiger charge is 2.31. The van der Waals surface area contributed by atoms with Gasteiger partial charge in [0.25, 0.3) is 5.91 Å². The van der Waals surface area contributed by atoms with Gasteiger partial charge in [-0.25, -0.2) is 12.8 Å². The SMILES string of the molecule is CN(C1CCCCC1)S(=O)(=O)c1cccc(C(=O)N2CCOC(c3ccc(F)cc3)C2)c1. The van der Waals surface area contributed by atoms with Crippen LogP contribution in [-0.2, 0) is 14.8 Å². The third-order valence-electron chi connectivity index (χ3n) is 6.44. The average molecular weight is 461 g/mol. The molecule has 1 unspecified atom stereocenters. The van der Waals surface area contributed by atoms with Crippen LogP contribution in [0.2, 0.25) is 0 Å². The first-order valence-electron chi connectivity index (χ1n) is 11.1. The number of carbonyl (C=O) groups excluding carboxylic acids is 1. The summed E-state index contributed by atoms with van der Waals surface area (Å²) in [5.41, 5.74) is 1.14. The second kappa shape index (κ2) is 9.68. The fourth-order valence-corrected chi connectivity index (χ4v) is 5.95. The molecule has 0 aromatic heterocycles. The largest absolute Gasteiger partial charge is 0.370 e. The molecule has 32 heavy (non-hydrogen) atoms. The molecule has 1 aliphatic heterocycles. The molecule has 4 rings (SSSR count). The van der Waals surface area contributed by atoms with Crippen molar-refractivity contribution in [1.29, 1.82) is 0 Å². The summed E-state index contributed by atoms with van der Waals surface area (Å²) < 4.78 is 46.9. The van der Waals surface area contributed by atoms with Gasteiger partial charge in [-0.3, -0.25) is 4.79 Å². The molecule has 6 nitrogen and oxygen atoms in total. The molecule has 2 aromatic carbocycles. The molecule has 1 atom stereocenters. The summed E-state index contributed by atoms with van der Waals surface area (Å²) >= 11 is 0. The van der Waals surface area contributed by atoms with E-state index in [0.29, 0.717) is 25.3 Å². The van der Waals surface area contributed by atoms with E-state index in [2.05, 4.69) is 0 Å². The Kier molecular flexibility index (Phi) is 6.93. The number of ether oxygens (including phenoxy) is 1. The molecule has 0 spiro atoms. The van der Waals surface area contributed by atoms with Gasteiger partial charge in [0.05, 0.1) is 18.0 Å². The Morgan fingerprint density at radius 1 is 1.09 bits per heavy atom. The number of hydrogen-bond acceptors (Lipinski definition) is 4. The molecule has 1 aliphatic carbocycles. The highest BCUT2D eigenvalue weighted by molar-refractivity contribution is 7.89. The molecule has 2 aromatic rings. The molecular weight excluding hydrogens is 431 g/mol. The Labute approximate surface area is 189 Å². The van der Waals surface area contributed by atoms with Crippen LogP contribution in [0.5, 0.6) is 0 Å². The summed E-state index contributed by atoms with van der Waals surface area (Å²) in [6.07, 6.45) is 4.61. The minimum atomic E-state index is -3.68. The predicted octanol–water partition coefficient (Wildman–Crippen LogP) is 3.99. The van der Waals surface area contributed by atoms with Crippen molar-refractivity contribution in [2.45, 2.75) is 49.1 Å². The van der Waals surface area contributed by atoms with Gasteiger partial charge in [-0.15, -0.1) is 0 Å². The Balaban J connectivity index is 1.51. The van der Waals surface area contributed by atoms with Crippen LogP contribution in [-0.4, -0.2) is 56.3 Å². The summed E-state index contributed by atoms with van der Waals surface area (Å²) in [5, 5.41) is 0. The van der Waals surface area contributed by atoms with Gasteiger partial charge < -0.3 is 9.64 Å². The number of halogens is 1. The van der Waals surface area contributed by atoms with Gasteiger partial charge in [0.15, 0.2) is 0 Å². The number of benzene rings is 2. The fraction of sp³-hybridized carbons (Fsp3) is 0.458. The van der Waals surface area contributed by atoms with Gasteiger partial charge in [0.1, 0.15) is 11.9 Å². The second-order valence-corrected chi connectivity index (χ2v) is 10.5. The number of carbonyl (C=O) groups is 1.